The first-order valence-corrected chi connectivity index (χ1v) is 7.71. The third-order valence-electron chi connectivity index (χ3n) is 4.10. The van der Waals surface area contributed by atoms with E-state index < -0.39 is 0 Å². The lowest BCUT2D eigenvalue weighted by molar-refractivity contribution is -0.131. The molecule has 0 saturated heterocycles. The summed E-state index contributed by atoms with van der Waals surface area (Å²) >= 11 is 0. The molecule has 0 bridgehead atoms. The van der Waals surface area contributed by atoms with Crippen LogP contribution in [0.15, 0.2) is 18.2 Å². The second-order valence-electron chi connectivity index (χ2n) is 5.50. The summed E-state index contributed by atoms with van der Waals surface area (Å²) in [6.45, 7) is 4.92. The van der Waals surface area contributed by atoms with Gasteiger partial charge in [-0.05, 0) is 56.4 Å². The molecule has 21 heavy (non-hydrogen) atoms. The van der Waals surface area contributed by atoms with Crippen LogP contribution in [0.1, 0.15) is 43.7 Å². The van der Waals surface area contributed by atoms with Gasteiger partial charge in [-0.3, -0.25) is 4.79 Å². The van der Waals surface area contributed by atoms with Crippen LogP contribution in [-0.4, -0.2) is 32.3 Å². The van der Waals surface area contributed by atoms with Crippen molar-refractivity contribution >= 4 is 5.91 Å². The zero-order chi connectivity index (χ0) is 15.2. The van der Waals surface area contributed by atoms with Gasteiger partial charge in [-0.2, -0.15) is 0 Å². The Morgan fingerprint density at radius 2 is 2.29 bits per heavy atom. The number of hydrogen-bond donors (Lipinski definition) is 1. The lowest BCUT2D eigenvalue weighted by Gasteiger charge is -2.26. The third-order valence-corrected chi connectivity index (χ3v) is 4.10. The molecule has 0 radical (unpaired) electrons. The van der Waals surface area contributed by atoms with E-state index in [4.69, 9.17) is 9.47 Å². The number of nitrogens with one attached hydrogen (secondary N) is 1. The van der Waals surface area contributed by atoms with Crippen molar-refractivity contribution < 1.29 is 14.3 Å². The summed E-state index contributed by atoms with van der Waals surface area (Å²) in [4.78, 5) is 11.9. The Kier molecular flexibility index (Phi) is 5.62. The number of amides is 1. The monoisotopic (exact) mass is 291 g/mol. The highest BCUT2D eigenvalue weighted by molar-refractivity contribution is 5.80. The molecule has 0 aliphatic heterocycles. The molecule has 4 heteroatoms. The van der Waals surface area contributed by atoms with Gasteiger partial charge in [0, 0.05) is 19.1 Å². The highest BCUT2D eigenvalue weighted by Crippen LogP contribution is 2.33. The maximum atomic E-state index is 11.9. The second-order valence-corrected chi connectivity index (χ2v) is 5.50. The molecule has 1 N–H and O–H groups in total. The van der Waals surface area contributed by atoms with Crippen LogP contribution in [0.25, 0.3) is 0 Å². The van der Waals surface area contributed by atoms with Crippen LogP contribution >= 0.6 is 0 Å². The van der Waals surface area contributed by atoms with Crippen LogP contribution in [0.3, 0.4) is 0 Å². The van der Waals surface area contributed by atoms with Gasteiger partial charge < -0.3 is 14.8 Å². The maximum absolute atomic E-state index is 11.9. The Bertz CT molecular complexity index is 487. The van der Waals surface area contributed by atoms with Crippen LogP contribution in [0.5, 0.6) is 5.75 Å². The molecule has 116 valence electrons. The van der Waals surface area contributed by atoms with Gasteiger partial charge in [0.1, 0.15) is 11.9 Å². The smallest absolute Gasteiger partial charge is 0.248 e. The van der Waals surface area contributed by atoms with Gasteiger partial charge >= 0.3 is 0 Å². The number of methoxy groups -OCH3 is 1. The molecule has 0 unspecified atom stereocenters. The minimum atomic E-state index is -0.381. The fourth-order valence-electron chi connectivity index (χ4n) is 2.92. The molecule has 1 aromatic carbocycles. The van der Waals surface area contributed by atoms with Crippen molar-refractivity contribution in [1.82, 2.24) is 5.32 Å². The second kappa shape index (κ2) is 7.46. The summed E-state index contributed by atoms with van der Waals surface area (Å²) in [7, 11) is 1.69. The van der Waals surface area contributed by atoms with E-state index in [9.17, 15) is 4.79 Å². The van der Waals surface area contributed by atoms with Gasteiger partial charge in [-0.15, -0.1) is 0 Å². The van der Waals surface area contributed by atoms with Gasteiger partial charge in [-0.1, -0.05) is 6.07 Å². The lowest BCUT2D eigenvalue weighted by Crippen LogP contribution is -2.37. The zero-order valence-electron chi connectivity index (χ0n) is 13.1. The Morgan fingerprint density at radius 1 is 1.48 bits per heavy atom. The fourth-order valence-corrected chi connectivity index (χ4v) is 2.92. The number of ether oxygens (including phenoxy) is 2. The molecule has 0 spiro atoms. The van der Waals surface area contributed by atoms with E-state index in [1.54, 1.807) is 14.0 Å². The highest BCUT2D eigenvalue weighted by atomic mass is 16.5. The quantitative estimate of drug-likeness (QED) is 0.876. The van der Waals surface area contributed by atoms with E-state index in [-0.39, 0.29) is 12.0 Å². The Morgan fingerprint density at radius 3 is 3.00 bits per heavy atom. The first-order chi connectivity index (χ1) is 10.2. The summed E-state index contributed by atoms with van der Waals surface area (Å²) in [5.41, 5.74) is 2.68. The van der Waals surface area contributed by atoms with Crippen molar-refractivity contribution in [3.05, 3.63) is 29.3 Å². The van der Waals surface area contributed by atoms with E-state index in [1.807, 2.05) is 13.0 Å². The first-order valence-electron chi connectivity index (χ1n) is 7.71. The van der Waals surface area contributed by atoms with E-state index in [1.165, 1.54) is 11.1 Å². The minimum absolute atomic E-state index is 0.0301. The standard InChI is InChI=1S/C17H25NO3/c1-4-21-12(2)17(19)18-11-14-7-5-6-13-10-15(20-3)8-9-16(13)14/h8-10,12,14H,4-7,11H2,1-3H3,(H,18,19)/t12-,14-/m1/s1. The van der Waals surface area contributed by atoms with Crippen molar-refractivity contribution in [2.24, 2.45) is 0 Å². The highest BCUT2D eigenvalue weighted by Gasteiger charge is 2.22. The van der Waals surface area contributed by atoms with Crippen LogP contribution in [0.2, 0.25) is 0 Å². The molecule has 1 aliphatic rings. The van der Waals surface area contributed by atoms with Crippen molar-refractivity contribution in [3.63, 3.8) is 0 Å². The molecule has 0 heterocycles. The molecule has 0 fully saturated rings. The van der Waals surface area contributed by atoms with E-state index in [0.717, 1.165) is 25.0 Å². The fraction of sp³-hybridized carbons (Fsp3) is 0.588. The predicted octanol–water partition coefficient (Wildman–Crippen LogP) is 2.66. The topological polar surface area (TPSA) is 47.6 Å². The van der Waals surface area contributed by atoms with Crippen molar-refractivity contribution in [2.75, 3.05) is 20.3 Å². The molecular formula is C17H25NO3. The summed E-state index contributed by atoms with van der Waals surface area (Å²) in [6.07, 6.45) is 2.98. The molecule has 1 aliphatic carbocycles. The molecule has 0 aromatic heterocycles. The average Bonchev–Trinajstić information content (AvgIpc) is 2.52. The molecule has 1 aromatic rings. The van der Waals surface area contributed by atoms with Gasteiger partial charge in [0.15, 0.2) is 0 Å². The largest absolute Gasteiger partial charge is 0.497 e. The van der Waals surface area contributed by atoms with Crippen LogP contribution in [0.4, 0.5) is 0 Å². The number of fused-ring (bicyclic) bond motifs is 1. The number of aryl methyl sites for hydroxylation is 1. The molecule has 2 rings (SSSR count). The SMILES string of the molecule is CCO[C@H](C)C(=O)NC[C@H]1CCCc2cc(OC)ccc21. The van der Waals surface area contributed by atoms with Gasteiger partial charge in [0.2, 0.25) is 5.91 Å². The number of benzene rings is 1. The molecular weight excluding hydrogens is 266 g/mol. The van der Waals surface area contributed by atoms with Gasteiger partial charge in [-0.25, -0.2) is 0 Å². The normalized spacial score (nSPS) is 18.7. The number of hydrogen-bond acceptors (Lipinski definition) is 3. The van der Waals surface area contributed by atoms with Gasteiger partial charge in [0.25, 0.3) is 0 Å². The maximum Gasteiger partial charge on any atom is 0.248 e. The summed E-state index contributed by atoms with van der Waals surface area (Å²) < 4.78 is 10.6. The van der Waals surface area contributed by atoms with Gasteiger partial charge in [0.05, 0.1) is 7.11 Å². The zero-order valence-corrected chi connectivity index (χ0v) is 13.1. The van der Waals surface area contributed by atoms with Crippen molar-refractivity contribution in [2.45, 2.75) is 45.1 Å². The lowest BCUT2D eigenvalue weighted by atomic mass is 9.82. The van der Waals surface area contributed by atoms with Crippen molar-refractivity contribution in [1.29, 1.82) is 0 Å². The summed E-state index contributed by atoms with van der Waals surface area (Å²) in [5.74, 6) is 1.26. The molecule has 0 saturated carbocycles. The summed E-state index contributed by atoms with van der Waals surface area (Å²) in [5, 5.41) is 3.01. The van der Waals surface area contributed by atoms with E-state index >= 15 is 0 Å². The Labute approximate surface area is 126 Å². The number of carbonyl (C=O) groups is 1. The van der Waals surface area contributed by atoms with Crippen LogP contribution in [0, 0.1) is 0 Å². The molecule has 4 nitrogen and oxygen atoms in total. The van der Waals surface area contributed by atoms with E-state index in [2.05, 4.69) is 17.4 Å². The number of carbonyl (C=O) groups excluding carboxylic acids is 1. The predicted molar refractivity (Wildman–Crippen MR) is 82.8 cm³/mol. The first kappa shape index (κ1) is 15.8. The van der Waals surface area contributed by atoms with E-state index in [0.29, 0.717) is 19.1 Å². The Hall–Kier alpha value is -1.55. The third kappa shape index (κ3) is 3.97. The molecule has 2 atom stereocenters. The average molecular weight is 291 g/mol. The Balaban J connectivity index is 1.98. The van der Waals surface area contributed by atoms with Crippen molar-refractivity contribution in [3.8, 4) is 5.75 Å². The minimum Gasteiger partial charge on any atom is -0.497 e. The van der Waals surface area contributed by atoms with Crippen LogP contribution < -0.4 is 10.1 Å². The van der Waals surface area contributed by atoms with Crippen LogP contribution in [-0.2, 0) is 16.0 Å². The summed E-state index contributed by atoms with van der Waals surface area (Å²) in [6, 6.07) is 6.25. The number of rotatable bonds is 6. The molecule has 1 amide bonds.